The van der Waals surface area contributed by atoms with Gasteiger partial charge in [0.05, 0.1) is 16.8 Å². The van der Waals surface area contributed by atoms with Crippen LogP contribution in [0, 0.1) is 5.82 Å². The molecule has 0 heterocycles. The molecule has 1 aromatic carbocycles. The van der Waals surface area contributed by atoms with Gasteiger partial charge in [-0.25, -0.2) is 4.39 Å². The lowest BCUT2D eigenvalue weighted by atomic mass is 9.96. The smallest absolute Gasteiger partial charge is 0.144 e. The third kappa shape index (κ3) is 1.77. The summed E-state index contributed by atoms with van der Waals surface area (Å²) < 4.78 is 18.5. The SMILES string of the molecule is Nc1cc(F)c(Cl)cc1OC1CCC1. The van der Waals surface area contributed by atoms with Gasteiger partial charge < -0.3 is 10.5 Å². The van der Waals surface area contributed by atoms with Gasteiger partial charge >= 0.3 is 0 Å². The second-order valence-corrected chi connectivity index (χ2v) is 3.88. The molecule has 0 aromatic heterocycles. The fraction of sp³-hybridized carbons (Fsp3) is 0.400. The lowest BCUT2D eigenvalue weighted by Crippen LogP contribution is -2.24. The molecule has 1 aliphatic rings. The Labute approximate surface area is 86.8 Å². The van der Waals surface area contributed by atoms with Crippen LogP contribution < -0.4 is 10.5 Å². The quantitative estimate of drug-likeness (QED) is 0.770. The molecule has 0 saturated heterocycles. The van der Waals surface area contributed by atoms with Crippen LogP contribution in [0.1, 0.15) is 19.3 Å². The van der Waals surface area contributed by atoms with Crippen LogP contribution in [0.3, 0.4) is 0 Å². The Bertz CT molecular complexity index is 352. The summed E-state index contributed by atoms with van der Waals surface area (Å²) in [5.74, 6) is -0.0220. The molecule has 76 valence electrons. The highest BCUT2D eigenvalue weighted by Gasteiger charge is 2.20. The Balaban J connectivity index is 2.19. The van der Waals surface area contributed by atoms with Crippen molar-refractivity contribution in [1.29, 1.82) is 0 Å². The van der Waals surface area contributed by atoms with Crippen LogP contribution >= 0.6 is 11.6 Å². The molecule has 0 bridgehead atoms. The standard InChI is InChI=1S/C10H11ClFNO/c11-7-4-10(9(13)5-8(7)12)14-6-2-1-3-6/h4-6H,1-3,13H2. The fourth-order valence-corrected chi connectivity index (χ4v) is 1.47. The molecule has 0 spiro atoms. The molecule has 0 radical (unpaired) electrons. The number of hydrogen-bond donors (Lipinski definition) is 1. The number of hydrogen-bond acceptors (Lipinski definition) is 2. The predicted molar refractivity (Wildman–Crippen MR) is 54.1 cm³/mol. The van der Waals surface area contributed by atoms with Crippen LogP contribution in [-0.4, -0.2) is 6.10 Å². The maximum atomic E-state index is 12.9. The molecule has 1 fully saturated rings. The van der Waals surface area contributed by atoms with E-state index in [0.29, 0.717) is 11.4 Å². The van der Waals surface area contributed by atoms with E-state index in [4.69, 9.17) is 22.1 Å². The summed E-state index contributed by atoms with van der Waals surface area (Å²) in [6, 6.07) is 2.63. The average molecular weight is 216 g/mol. The zero-order valence-electron chi connectivity index (χ0n) is 7.59. The number of nitrogen functional groups attached to an aromatic ring is 1. The summed E-state index contributed by atoms with van der Waals surface area (Å²) in [5, 5.41) is 0.0496. The molecule has 14 heavy (non-hydrogen) atoms. The van der Waals surface area contributed by atoms with E-state index in [0.717, 1.165) is 12.8 Å². The Hall–Kier alpha value is -0.960. The third-order valence-corrected chi connectivity index (χ3v) is 2.69. The van der Waals surface area contributed by atoms with E-state index in [1.807, 2.05) is 0 Å². The van der Waals surface area contributed by atoms with Gasteiger partial charge in [0, 0.05) is 12.1 Å². The van der Waals surface area contributed by atoms with Crippen molar-refractivity contribution in [2.24, 2.45) is 0 Å². The summed E-state index contributed by atoms with van der Waals surface area (Å²) in [7, 11) is 0. The fourth-order valence-electron chi connectivity index (χ4n) is 1.31. The van der Waals surface area contributed by atoms with Crippen molar-refractivity contribution in [1.82, 2.24) is 0 Å². The topological polar surface area (TPSA) is 35.2 Å². The second-order valence-electron chi connectivity index (χ2n) is 3.47. The van der Waals surface area contributed by atoms with E-state index in [9.17, 15) is 4.39 Å². The van der Waals surface area contributed by atoms with Gasteiger partial charge in [0.25, 0.3) is 0 Å². The Morgan fingerprint density at radius 2 is 2.14 bits per heavy atom. The highest BCUT2D eigenvalue weighted by Crippen LogP contribution is 2.32. The molecule has 0 aliphatic heterocycles. The minimum absolute atomic E-state index is 0.0496. The maximum absolute atomic E-state index is 12.9. The Morgan fingerprint density at radius 1 is 1.43 bits per heavy atom. The Kier molecular flexibility index (Phi) is 2.50. The summed E-state index contributed by atoms with van der Waals surface area (Å²) in [6.45, 7) is 0. The minimum Gasteiger partial charge on any atom is -0.488 e. The van der Waals surface area contributed by atoms with E-state index >= 15 is 0 Å². The van der Waals surface area contributed by atoms with Gasteiger partial charge in [0.2, 0.25) is 0 Å². The van der Waals surface area contributed by atoms with Crippen molar-refractivity contribution >= 4 is 17.3 Å². The molecule has 1 saturated carbocycles. The van der Waals surface area contributed by atoms with Gasteiger partial charge in [-0.05, 0) is 19.3 Å². The van der Waals surface area contributed by atoms with E-state index in [2.05, 4.69) is 0 Å². The number of nitrogens with two attached hydrogens (primary N) is 1. The van der Waals surface area contributed by atoms with Gasteiger partial charge in [-0.3, -0.25) is 0 Å². The van der Waals surface area contributed by atoms with Crippen LogP contribution in [0.25, 0.3) is 0 Å². The number of benzene rings is 1. The highest BCUT2D eigenvalue weighted by atomic mass is 35.5. The number of halogens is 2. The van der Waals surface area contributed by atoms with Gasteiger partial charge in [-0.15, -0.1) is 0 Å². The molecular weight excluding hydrogens is 205 g/mol. The molecule has 0 amide bonds. The molecule has 1 aromatic rings. The van der Waals surface area contributed by atoms with E-state index < -0.39 is 5.82 Å². The molecule has 2 rings (SSSR count). The normalized spacial score (nSPS) is 16.4. The monoisotopic (exact) mass is 215 g/mol. The Morgan fingerprint density at radius 3 is 2.71 bits per heavy atom. The van der Waals surface area contributed by atoms with Crippen molar-refractivity contribution < 1.29 is 9.13 Å². The summed E-state index contributed by atoms with van der Waals surface area (Å²) in [5.41, 5.74) is 5.90. The zero-order chi connectivity index (χ0) is 10.1. The van der Waals surface area contributed by atoms with Crippen LogP contribution in [-0.2, 0) is 0 Å². The first-order chi connectivity index (χ1) is 6.66. The van der Waals surface area contributed by atoms with Crippen molar-refractivity contribution in [3.05, 3.63) is 23.0 Å². The molecule has 2 nitrogen and oxygen atoms in total. The molecular formula is C10H11ClFNO. The predicted octanol–water partition coefficient (Wildman–Crippen LogP) is 2.99. The zero-order valence-corrected chi connectivity index (χ0v) is 8.35. The first kappa shape index (κ1) is 9.59. The maximum Gasteiger partial charge on any atom is 0.144 e. The molecule has 0 atom stereocenters. The van der Waals surface area contributed by atoms with Gasteiger partial charge in [-0.2, -0.15) is 0 Å². The molecule has 0 unspecified atom stereocenters. The van der Waals surface area contributed by atoms with Crippen LogP contribution in [0.15, 0.2) is 12.1 Å². The first-order valence-corrected chi connectivity index (χ1v) is 4.96. The van der Waals surface area contributed by atoms with Crippen molar-refractivity contribution in [2.75, 3.05) is 5.73 Å². The first-order valence-electron chi connectivity index (χ1n) is 4.58. The average Bonchev–Trinajstić information content (AvgIpc) is 2.06. The van der Waals surface area contributed by atoms with E-state index in [1.165, 1.54) is 18.6 Å². The summed E-state index contributed by atoms with van der Waals surface area (Å²) in [4.78, 5) is 0. The second kappa shape index (κ2) is 3.65. The molecule has 1 aliphatic carbocycles. The van der Waals surface area contributed by atoms with Crippen molar-refractivity contribution in [3.63, 3.8) is 0 Å². The summed E-state index contributed by atoms with van der Waals surface area (Å²) in [6.07, 6.45) is 3.47. The lowest BCUT2D eigenvalue weighted by Gasteiger charge is -2.27. The number of anilines is 1. The molecule has 4 heteroatoms. The highest BCUT2D eigenvalue weighted by molar-refractivity contribution is 6.31. The summed E-state index contributed by atoms with van der Waals surface area (Å²) >= 11 is 5.62. The molecule has 2 N–H and O–H groups in total. The van der Waals surface area contributed by atoms with Crippen LogP contribution in [0.4, 0.5) is 10.1 Å². The third-order valence-electron chi connectivity index (χ3n) is 2.40. The van der Waals surface area contributed by atoms with Crippen LogP contribution in [0.2, 0.25) is 5.02 Å². The largest absolute Gasteiger partial charge is 0.488 e. The number of ether oxygens (including phenoxy) is 1. The lowest BCUT2D eigenvalue weighted by molar-refractivity contribution is 0.121. The van der Waals surface area contributed by atoms with Crippen molar-refractivity contribution in [3.8, 4) is 5.75 Å². The van der Waals surface area contributed by atoms with Gasteiger partial charge in [-0.1, -0.05) is 11.6 Å². The van der Waals surface area contributed by atoms with E-state index in [1.54, 1.807) is 0 Å². The van der Waals surface area contributed by atoms with Gasteiger partial charge in [0.1, 0.15) is 11.6 Å². The van der Waals surface area contributed by atoms with Crippen molar-refractivity contribution in [2.45, 2.75) is 25.4 Å². The number of rotatable bonds is 2. The van der Waals surface area contributed by atoms with Crippen LogP contribution in [0.5, 0.6) is 5.75 Å². The van der Waals surface area contributed by atoms with Gasteiger partial charge in [0.15, 0.2) is 0 Å². The minimum atomic E-state index is -0.509. The van der Waals surface area contributed by atoms with E-state index in [-0.39, 0.29) is 11.1 Å².